The van der Waals surface area contributed by atoms with Crippen LogP contribution in [0.25, 0.3) is 22.3 Å². The second-order valence-electron chi connectivity index (χ2n) is 31.5. The number of carbonyl (C=O) groups is 6. The van der Waals surface area contributed by atoms with Gasteiger partial charge >= 0.3 is 46.9 Å². The van der Waals surface area contributed by atoms with Gasteiger partial charge in [-0.1, -0.05) is 112 Å². The number of unbranched alkanes of at least 4 members (excludes halogenated alkanes) is 5. The smallest absolute Gasteiger partial charge is 0.386 e. The van der Waals surface area contributed by atoms with Crippen molar-refractivity contribution in [3.63, 3.8) is 0 Å². The molecule has 2 aliphatic heterocycles. The summed E-state index contributed by atoms with van der Waals surface area (Å²) in [7, 11) is -33.2. The molecule has 2 fully saturated rings. The molecule has 1 aromatic carbocycles. The molecule has 2 saturated heterocycles. The molecule has 6 heterocycles. The standard InChI is InChI=1S/C67H108N14O34P6/c1-64(2,44(82)22-28-70-46(84)24-30-72-60(90)54(88)66(5,6)34-108-120(102,103)114-118(98,99)106-32-42-52(112-116(92,93)94)50(86)62(110-42)80-38-78-48-56(68)74-36-76-58(48)80)26-16-10-9-12-18-40-20-14-15-21-41(40)19-13-11-17-27-65(3,4)45(83)23-29-71-47(85)25-31-73-61(91)55(89)67(7,8)35-109-121(104,105)115-119(100,101)107-33-43-53(113-117(95,96)97)51(87)63(111-43)81-39-79-49-57(69)75-37-77-59(49)81/h14-15,20-21,36-39,42-43,50-55,62-63,86-89H,9-13,16-19,22-35H2,1-8H3,(H,70,84)(H,71,85)(H,72,90)(H,73,91)(H,98,99)(H,100,101)(H,102,103)(H,104,105)(H2,68,74,76)(H2,69,75,77)(H2,92,93,94)(H2,95,96,97). The van der Waals surface area contributed by atoms with Crippen LogP contribution in [0.1, 0.15) is 162 Å². The predicted octanol–water partition coefficient (Wildman–Crippen LogP) is 3.09. The highest BCUT2D eigenvalue weighted by molar-refractivity contribution is 7.61. The van der Waals surface area contributed by atoms with Crippen molar-refractivity contribution in [1.29, 1.82) is 0 Å². The molecule has 4 aromatic heterocycles. The van der Waals surface area contributed by atoms with Crippen LogP contribution in [0.4, 0.5) is 11.6 Å². The number of hydrogen-bond donors (Lipinski definition) is 18. The Morgan fingerprint density at radius 1 is 0.479 bits per heavy atom. The number of anilines is 2. The van der Waals surface area contributed by atoms with Gasteiger partial charge in [0.1, 0.15) is 84.1 Å². The summed E-state index contributed by atoms with van der Waals surface area (Å²) < 4.78 is 126. The Kier molecular flexibility index (Phi) is 36.3. The first-order valence-electron chi connectivity index (χ1n) is 38.0. The van der Waals surface area contributed by atoms with Gasteiger partial charge in [0.25, 0.3) is 0 Å². The Morgan fingerprint density at radius 2 is 0.818 bits per heavy atom. The number of imidazole rings is 2. The van der Waals surface area contributed by atoms with E-state index >= 15 is 0 Å². The fourth-order valence-electron chi connectivity index (χ4n) is 12.8. The van der Waals surface area contributed by atoms with Crippen LogP contribution in [-0.2, 0) is 114 Å². The maximum Gasteiger partial charge on any atom is 0.481 e. The number of aryl methyl sites for hydroxylation is 2. The van der Waals surface area contributed by atoms with Gasteiger partial charge in [0.05, 0.1) is 39.1 Å². The number of benzene rings is 1. The quantitative estimate of drug-likeness (QED) is 0.0196. The van der Waals surface area contributed by atoms with Gasteiger partial charge in [-0.2, -0.15) is 8.62 Å². The van der Waals surface area contributed by atoms with E-state index in [1.807, 2.05) is 39.8 Å². The Bertz CT molecular complexity index is 4700. The molecule has 7 rings (SSSR count). The van der Waals surface area contributed by atoms with Crippen LogP contribution in [0, 0.1) is 21.7 Å². The molecule has 0 saturated carbocycles. The lowest BCUT2D eigenvalue weighted by Gasteiger charge is -2.30. The predicted molar refractivity (Wildman–Crippen MR) is 421 cm³/mol. The fraction of sp³-hybridized carbons (Fsp3) is 0.672. The summed E-state index contributed by atoms with van der Waals surface area (Å²) in [6, 6.07) is 8.24. The van der Waals surface area contributed by atoms with E-state index in [4.69, 9.17) is 39.0 Å². The van der Waals surface area contributed by atoms with E-state index in [2.05, 4.69) is 81.0 Å². The van der Waals surface area contributed by atoms with Gasteiger partial charge in [0.15, 0.2) is 35.4 Å². The van der Waals surface area contributed by atoms with E-state index in [1.54, 1.807) is 0 Å². The number of hydrogen-bond acceptors (Lipinski definition) is 34. The van der Waals surface area contributed by atoms with E-state index in [0.29, 0.717) is 12.8 Å². The Labute approximate surface area is 693 Å². The van der Waals surface area contributed by atoms with Gasteiger partial charge < -0.3 is 102 Å². The number of aliphatic hydroxyl groups is 4. The Balaban J connectivity index is 0.697. The van der Waals surface area contributed by atoms with Gasteiger partial charge in [-0.15, -0.1) is 0 Å². The van der Waals surface area contributed by atoms with Crippen LogP contribution in [0.15, 0.2) is 49.6 Å². The Hall–Kier alpha value is -6.36. The van der Waals surface area contributed by atoms with Crippen molar-refractivity contribution in [2.24, 2.45) is 21.7 Å². The molecular formula is C67H108N14O34P6. The Morgan fingerprint density at radius 3 is 1.18 bits per heavy atom. The fourth-order valence-corrected chi connectivity index (χ4v) is 18.5. The maximum absolute atomic E-state index is 13.3. The van der Waals surface area contributed by atoms with Gasteiger partial charge in [-0.3, -0.25) is 65.0 Å². The molecule has 0 spiro atoms. The van der Waals surface area contributed by atoms with Crippen LogP contribution in [0.5, 0.6) is 0 Å². The first-order valence-corrected chi connectivity index (χ1v) is 47.1. The molecule has 121 heavy (non-hydrogen) atoms. The lowest BCUT2D eigenvalue weighted by atomic mass is 9.81. The van der Waals surface area contributed by atoms with Crippen LogP contribution < -0.4 is 32.7 Å². The number of nitrogens with two attached hydrogens (primary N) is 2. The number of fused-ring (bicyclic) bond motifs is 2. The van der Waals surface area contributed by atoms with Gasteiger partial charge in [-0.25, -0.2) is 57.3 Å². The topological polar surface area (TPSA) is 727 Å². The number of Topliss-reactive ketones (excluding diaryl/α,β-unsaturated/α-hetero) is 2. The molecule has 2 aliphatic rings. The largest absolute Gasteiger partial charge is 0.481 e. The number of phosphoric ester groups is 6. The number of aromatic nitrogens is 8. The minimum atomic E-state index is -5.64. The zero-order valence-corrected chi connectivity index (χ0v) is 72.8. The zero-order chi connectivity index (χ0) is 90.1. The van der Waals surface area contributed by atoms with Crippen LogP contribution in [-0.4, -0.2) is 235 Å². The number of phosphoric acid groups is 6. The van der Waals surface area contributed by atoms with Gasteiger partial charge in [0, 0.05) is 73.5 Å². The molecule has 0 radical (unpaired) electrons. The number of amides is 4. The number of ether oxygens (including phenoxy) is 2. The molecule has 20 N–H and O–H groups in total. The molecule has 0 bridgehead atoms. The second kappa shape index (κ2) is 43.2. The number of nitrogen functional groups attached to an aromatic ring is 2. The number of aliphatic hydroxyl groups excluding tert-OH is 4. The summed E-state index contributed by atoms with van der Waals surface area (Å²) in [4.78, 5) is 181. The SMILES string of the molecule is CC(C)(CCCCCCc1ccccc1CCCCCC(C)(C)C(=O)CCNC(=O)CCNC(=O)C(O)C(C)(C)COP(=O)(O)OP(=O)(O)OCC1OC(n2cnc3c(N)ncnc32)C(O)C1OP(=O)(O)O)C(=O)CCNC(=O)CCNC(=O)C(O)C(C)(C)COP(=O)(O)OP(=O)(O)OCC1OC(n2cnc3c(N)ncnc32)C(O)C1OP(=O)(O)O. The number of nitrogens with zero attached hydrogens (tertiary/aromatic N) is 8. The van der Waals surface area contributed by atoms with Crippen molar-refractivity contribution in [2.45, 2.75) is 213 Å². The van der Waals surface area contributed by atoms with Crippen molar-refractivity contribution in [1.82, 2.24) is 60.3 Å². The number of ketones is 2. The normalized spacial score (nSPS) is 21.4. The van der Waals surface area contributed by atoms with Crippen LogP contribution in [0.3, 0.4) is 0 Å². The number of rotatable bonds is 53. The summed E-state index contributed by atoms with van der Waals surface area (Å²) >= 11 is 0. The second-order valence-corrected chi connectivity index (χ2v) is 40.0. The van der Waals surface area contributed by atoms with Crippen molar-refractivity contribution in [3.05, 3.63) is 60.7 Å². The van der Waals surface area contributed by atoms with Gasteiger partial charge in [-0.05, 0) is 49.7 Å². The summed E-state index contributed by atoms with van der Waals surface area (Å²) in [6.45, 7) is 7.62. The van der Waals surface area contributed by atoms with Crippen molar-refractivity contribution in [2.75, 3.05) is 64.1 Å². The highest BCUT2D eigenvalue weighted by Gasteiger charge is 2.53. The van der Waals surface area contributed by atoms with E-state index in [1.165, 1.54) is 38.8 Å². The maximum atomic E-state index is 13.3. The van der Waals surface area contributed by atoms with Crippen molar-refractivity contribution >= 4 is 116 Å². The van der Waals surface area contributed by atoms with E-state index in [9.17, 15) is 116 Å². The summed E-state index contributed by atoms with van der Waals surface area (Å²) in [6.07, 6.45) is -5.37. The zero-order valence-electron chi connectivity index (χ0n) is 67.4. The lowest BCUT2D eigenvalue weighted by Crippen LogP contribution is -2.46. The number of nitrogens with one attached hydrogen (secondary N) is 4. The highest BCUT2D eigenvalue weighted by atomic mass is 31.3. The van der Waals surface area contributed by atoms with E-state index < -0.39 is 180 Å². The molecule has 48 nitrogen and oxygen atoms in total. The average molecular weight is 1840 g/mol. The third-order valence-electron chi connectivity index (χ3n) is 19.9. The third kappa shape index (κ3) is 31.0. The van der Waals surface area contributed by atoms with Gasteiger partial charge in [0.2, 0.25) is 23.6 Å². The van der Waals surface area contributed by atoms with Crippen molar-refractivity contribution in [3.8, 4) is 0 Å². The van der Waals surface area contributed by atoms with E-state index in [0.717, 1.165) is 92.2 Å². The summed E-state index contributed by atoms with van der Waals surface area (Å²) in [5, 5.41) is 53.7. The third-order valence-corrected chi connectivity index (χ3v) is 26.1. The monoisotopic (exact) mass is 1840 g/mol. The molecule has 14 unspecified atom stereocenters. The molecule has 14 atom stereocenters. The van der Waals surface area contributed by atoms with E-state index in [-0.39, 0.29) is 97.4 Å². The molecule has 680 valence electrons. The first-order chi connectivity index (χ1) is 56.1. The van der Waals surface area contributed by atoms with Crippen LogP contribution >= 0.6 is 46.9 Å². The van der Waals surface area contributed by atoms with Crippen LogP contribution in [0.2, 0.25) is 0 Å². The molecule has 5 aromatic rings. The summed E-state index contributed by atoms with van der Waals surface area (Å²) in [5.74, 6) is -3.33. The molecule has 0 aliphatic carbocycles. The van der Waals surface area contributed by atoms with Crippen molar-refractivity contribution < 1.29 is 161 Å². The lowest BCUT2D eigenvalue weighted by molar-refractivity contribution is -0.137. The minimum Gasteiger partial charge on any atom is -0.386 e. The number of carbonyl (C=O) groups excluding carboxylic acids is 6. The molecule has 54 heteroatoms. The molecular weight excluding hydrogens is 1730 g/mol. The molecule has 4 amide bonds. The minimum absolute atomic E-state index is 0.00553. The summed E-state index contributed by atoms with van der Waals surface area (Å²) in [5.41, 5.74) is 9.51. The first kappa shape index (κ1) is 102. The highest BCUT2D eigenvalue weighted by Crippen LogP contribution is 2.63. The average Bonchev–Trinajstić information content (AvgIpc) is 1.62.